The van der Waals surface area contributed by atoms with E-state index in [1.165, 1.54) is 0 Å². The molecular weight excluding hydrogens is 258 g/mol. The van der Waals surface area contributed by atoms with Crippen molar-refractivity contribution in [2.75, 3.05) is 0 Å². The van der Waals surface area contributed by atoms with Gasteiger partial charge in [-0.25, -0.2) is 4.79 Å². The predicted molar refractivity (Wildman–Crippen MR) is 71.3 cm³/mol. The standard InChI is InChI=1S/C15H17NO4/c17-14(18)13-11-7-6-10(16-11)8-12(13)20-15(19)9-4-2-1-3-5-9/h1-5,10-13,16H,6-8H2,(H,17,18)/t10-,11?,12-,13+/m0/s1. The third-order valence-corrected chi connectivity index (χ3v) is 4.18. The molecule has 0 spiro atoms. The van der Waals surface area contributed by atoms with Gasteiger partial charge in [-0.15, -0.1) is 0 Å². The summed E-state index contributed by atoms with van der Waals surface area (Å²) in [7, 11) is 0. The largest absolute Gasteiger partial charge is 0.481 e. The number of carbonyl (C=O) groups excluding carboxylic acids is 1. The third kappa shape index (κ3) is 2.41. The van der Waals surface area contributed by atoms with E-state index in [-0.39, 0.29) is 12.1 Å². The van der Waals surface area contributed by atoms with Gasteiger partial charge >= 0.3 is 11.9 Å². The number of piperidine rings is 1. The van der Waals surface area contributed by atoms with Gasteiger partial charge in [0.25, 0.3) is 0 Å². The van der Waals surface area contributed by atoms with Crippen LogP contribution in [0.1, 0.15) is 29.6 Å². The molecule has 2 aliphatic heterocycles. The summed E-state index contributed by atoms with van der Waals surface area (Å²) >= 11 is 0. The number of hydrogen-bond acceptors (Lipinski definition) is 4. The molecule has 2 heterocycles. The molecule has 0 aromatic heterocycles. The third-order valence-electron chi connectivity index (χ3n) is 4.18. The number of ether oxygens (including phenoxy) is 1. The fourth-order valence-electron chi connectivity index (χ4n) is 3.24. The summed E-state index contributed by atoms with van der Waals surface area (Å²) < 4.78 is 5.47. The molecule has 2 aliphatic rings. The maximum Gasteiger partial charge on any atom is 0.338 e. The van der Waals surface area contributed by atoms with Gasteiger partial charge in [0, 0.05) is 18.5 Å². The van der Waals surface area contributed by atoms with Crippen molar-refractivity contribution in [1.29, 1.82) is 0 Å². The molecule has 0 saturated carbocycles. The second-order valence-electron chi connectivity index (χ2n) is 5.46. The van der Waals surface area contributed by atoms with Crippen molar-refractivity contribution >= 4 is 11.9 Å². The highest BCUT2D eigenvalue weighted by Crippen LogP contribution is 2.34. The van der Waals surface area contributed by atoms with Crippen LogP contribution >= 0.6 is 0 Å². The lowest BCUT2D eigenvalue weighted by Crippen LogP contribution is -2.52. The summed E-state index contributed by atoms with van der Waals surface area (Å²) in [6.45, 7) is 0. The van der Waals surface area contributed by atoms with E-state index in [4.69, 9.17) is 4.74 Å². The van der Waals surface area contributed by atoms with E-state index in [1.54, 1.807) is 24.3 Å². The number of nitrogens with one attached hydrogen (secondary N) is 1. The van der Waals surface area contributed by atoms with E-state index in [2.05, 4.69) is 5.32 Å². The smallest absolute Gasteiger partial charge is 0.338 e. The minimum atomic E-state index is -0.895. The Morgan fingerprint density at radius 1 is 1.20 bits per heavy atom. The summed E-state index contributed by atoms with van der Waals surface area (Å²) in [6, 6.07) is 8.88. The van der Waals surface area contributed by atoms with Crippen molar-refractivity contribution in [3.8, 4) is 0 Å². The molecule has 2 N–H and O–H groups in total. The second-order valence-corrected chi connectivity index (χ2v) is 5.46. The minimum Gasteiger partial charge on any atom is -0.481 e. The lowest BCUT2D eigenvalue weighted by Gasteiger charge is -2.34. The van der Waals surface area contributed by atoms with Crippen LogP contribution in [0, 0.1) is 5.92 Å². The van der Waals surface area contributed by atoms with E-state index in [1.807, 2.05) is 6.07 Å². The summed E-state index contributed by atoms with van der Waals surface area (Å²) in [5, 5.41) is 12.7. The number of esters is 1. The Bertz CT molecular complexity index is 516. The number of carboxylic acids is 1. The van der Waals surface area contributed by atoms with Gasteiger partial charge in [0.15, 0.2) is 0 Å². The summed E-state index contributed by atoms with van der Waals surface area (Å²) in [6.07, 6.45) is 1.82. The van der Waals surface area contributed by atoms with Crippen molar-refractivity contribution in [2.24, 2.45) is 5.92 Å². The zero-order valence-corrected chi connectivity index (χ0v) is 11.0. The van der Waals surface area contributed by atoms with Gasteiger partial charge in [-0.05, 0) is 25.0 Å². The van der Waals surface area contributed by atoms with Crippen LogP contribution in [0.5, 0.6) is 0 Å². The van der Waals surface area contributed by atoms with Crippen LogP contribution in [0.15, 0.2) is 30.3 Å². The second kappa shape index (κ2) is 5.25. The Balaban J connectivity index is 1.75. The Hall–Kier alpha value is -1.88. The van der Waals surface area contributed by atoms with Gasteiger partial charge in [-0.2, -0.15) is 0 Å². The fourth-order valence-corrected chi connectivity index (χ4v) is 3.24. The monoisotopic (exact) mass is 275 g/mol. The number of fused-ring (bicyclic) bond motifs is 2. The molecule has 2 bridgehead atoms. The van der Waals surface area contributed by atoms with Gasteiger partial charge in [0.2, 0.25) is 0 Å². The lowest BCUT2D eigenvalue weighted by atomic mass is 9.89. The van der Waals surface area contributed by atoms with Crippen molar-refractivity contribution in [3.05, 3.63) is 35.9 Å². The molecule has 2 fully saturated rings. The molecule has 0 aliphatic carbocycles. The number of carboxylic acid groups (broad SMARTS) is 1. The Labute approximate surface area is 116 Å². The molecule has 4 atom stereocenters. The van der Waals surface area contributed by atoms with Gasteiger partial charge < -0.3 is 15.2 Å². The SMILES string of the molecule is O=C(O[C@H]1C[C@@H]2CCC(N2)[C@H]1C(=O)O)c1ccccc1. The zero-order valence-electron chi connectivity index (χ0n) is 11.0. The number of aliphatic carboxylic acids is 1. The van der Waals surface area contributed by atoms with Crippen LogP contribution in [0.4, 0.5) is 0 Å². The molecular formula is C15H17NO4. The molecule has 2 saturated heterocycles. The van der Waals surface area contributed by atoms with Crippen LogP contribution in [-0.4, -0.2) is 35.2 Å². The molecule has 1 aromatic rings. The average Bonchev–Trinajstić information content (AvgIpc) is 2.81. The molecule has 1 aromatic carbocycles. The highest BCUT2D eigenvalue weighted by atomic mass is 16.5. The topological polar surface area (TPSA) is 75.6 Å². The van der Waals surface area contributed by atoms with Crippen LogP contribution in [-0.2, 0) is 9.53 Å². The molecule has 20 heavy (non-hydrogen) atoms. The first-order chi connectivity index (χ1) is 9.65. The summed E-state index contributed by atoms with van der Waals surface area (Å²) in [4.78, 5) is 23.5. The van der Waals surface area contributed by atoms with Gasteiger partial charge in [0.1, 0.15) is 12.0 Å². The van der Waals surface area contributed by atoms with E-state index >= 15 is 0 Å². The average molecular weight is 275 g/mol. The molecule has 1 unspecified atom stereocenters. The number of hydrogen-bond donors (Lipinski definition) is 2. The quantitative estimate of drug-likeness (QED) is 0.816. The predicted octanol–water partition coefficient (Wildman–Crippen LogP) is 1.44. The van der Waals surface area contributed by atoms with Crippen LogP contribution < -0.4 is 5.32 Å². The van der Waals surface area contributed by atoms with E-state index in [0.29, 0.717) is 12.0 Å². The lowest BCUT2D eigenvalue weighted by molar-refractivity contribution is -0.148. The van der Waals surface area contributed by atoms with Crippen molar-refractivity contribution in [2.45, 2.75) is 37.5 Å². The van der Waals surface area contributed by atoms with Crippen molar-refractivity contribution < 1.29 is 19.4 Å². The first-order valence-electron chi connectivity index (χ1n) is 6.90. The van der Waals surface area contributed by atoms with E-state index in [9.17, 15) is 14.7 Å². The molecule has 0 radical (unpaired) electrons. The Morgan fingerprint density at radius 3 is 2.65 bits per heavy atom. The molecule has 0 amide bonds. The highest BCUT2D eigenvalue weighted by molar-refractivity contribution is 5.89. The molecule has 106 valence electrons. The maximum absolute atomic E-state index is 12.1. The normalized spacial score (nSPS) is 31.8. The first kappa shape index (κ1) is 13.1. The van der Waals surface area contributed by atoms with Crippen LogP contribution in [0.25, 0.3) is 0 Å². The minimum absolute atomic E-state index is 0.0835. The van der Waals surface area contributed by atoms with Gasteiger partial charge in [-0.3, -0.25) is 4.79 Å². The first-order valence-corrected chi connectivity index (χ1v) is 6.90. The number of rotatable bonds is 3. The van der Waals surface area contributed by atoms with Crippen LogP contribution in [0.3, 0.4) is 0 Å². The zero-order chi connectivity index (χ0) is 14.1. The summed E-state index contributed by atoms with van der Waals surface area (Å²) in [5.41, 5.74) is 0.461. The maximum atomic E-state index is 12.1. The van der Waals surface area contributed by atoms with E-state index < -0.39 is 24.0 Å². The summed E-state index contributed by atoms with van der Waals surface area (Å²) in [5.74, 6) is -1.99. The fraction of sp³-hybridized carbons (Fsp3) is 0.467. The Kier molecular flexibility index (Phi) is 3.44. The highest BCUT2D eigenvalue weighted by Gasteiger charge is 2.47. The van der Waals surface area contributed by atoms with Crippen molar-refractivity contribution in [1.82, 2.24) is 5.32 Å². The van der Waals surface area contributed by atoms with Gasteiger partial charge in [0.05, 0.1) is 5.56 Å². The molecule has 5 heteroatoms. The van der Waals surface area contributed by atoms with Crippen LogP contribution in [0.2, 0.25) is 0 Å². The number of benzene rings is 1. The molecule has 5 nitrogen and oxygen atoms in total. The van der Waals surface area contributed by atoms with E-state index in [0.717, 1.165) is 12.8 Å². The van der Waals surface area contributed by atoms with Crippen molar-refractivity contribution in [3.63, 3.8) is 0 Å². The van der Waals surface area contributed by atoms with Gasteiger partial charge in [-0.1, -0.05) is 18.2 Å². The Morgan fingerprint density at radius 2 is 1.95 bits per heavy atom. The number of carbonyl (C=O) groups is 2. The molecule has 3 rings (SSSR count).